The van der Waals surface area contributed by atoms with E-state index in [0.29, 0.717) is 44.3 Å². The third-order valence-corrected chi connectivity index (χ3v) is 7.74. The van der Waals surface area contributed by atoms with Crippen molar-refractivity contribution in [1.29, 1.82) is 0 Å². The Hall–Kier alpha value is -2.42. The molecule has 0 rings (SSSR count). The molecule has 9 heteroatoms. The first kappa shape index (κ1) is 35.6. The standard InChI is InChI=1S/C29H54N4O5/c1-12-28(13-2,31-16-5)27(37)33(17-6)29(14-3,15-4)26(36)30-20-24(34)32(11)23(21(8)9)19-22(10)25(35)38-18-7/h19,21,23,31H,12-18,20H2,1-11H3,(H,30,36)/t23-/m1/s1. The molecule has 0 heterocycles. The van der Waals surface area contributed by atoms with Gasteiger partial charge in [-0.3, -0.25) is 14.4 Å². The average Bonchev–Trinajstić information content (AvgIpc) is 2.90. The van der Waals surface area contributed by atoms with Gasteiger partial charge in [0.15, 0.2) is 0 Å². The van der Waals surface area contributed by atoms with Crippen molar-refractivity contribution < 1.29 is 23.9 Å². The second-order valence-electron chi connectivity index (χ2n) is 10.1. The van der Waals surface area contributed by atoms with Gasteiger partial charge in [0.25, 0.3) is 0 Å². The summed E-state index contributed by atoms with van der Waals surface area (Å²) in [7, 11) is 1.66. The predicted octanol–water partition coefficient (Wildman–Crippen LogP) is 3.67. The summed E-state index contributed by atoms with van der Waals surface area (Å²) in [5.74, 6) is -1.10. The van der Waals surface area contributed by atoms with E-state index >= 15 is 0 Å². The van der Waals surface area contributed by atoms with Gasteiger partial charge in [0, 0.05) is 19.2 Å². The molecule has 38 heavy (non-hydrogen) atoms. The van der Waals surface area contributed by atoms with Crippen LogP contribution in [0.2, 0.25) is 0 Å². The van der Waals surface area contributed by atoms with E-state index in [2.05, 4.69) is 10.6 Å². The fourth-order valence-electron chi connectivity index (χ4n) is 5.12. The Kier molecular flexibility index (Phi) is 15.5. The van der Waals surface area contributed by atoms with Gasteiger partial charge >= 0.3 is 5.97 Å². The zero-order valence-corrected chi connectivity index (χ0v) is 25.8. The van der Waals surface area contributed by atoms with Crippen molar-refractivity contribution in [2.75, 3.05) is 33.3 Å². The molecule has 0 unspecified atom stereocenters. The summed E-state index contributed by atoms with van der Waals surface area (Å²) in [6, 6.07) is -0.352. The van der Waals surface area contributed by atoms with Crippen LogP contribution < -0.4 is 10.6 Å². The Morgan fingerprint density at radius 3 is 1.87 bits per heavy atom. The molecular weight excluding hydrogens is 484 g/mol. The first-order valence-electron chi connectivity index (χ1n) is 14.3. The molecule has 0 aliphatic heterocycles. The molecule has 0 aliphatic rings. The SMILES string of the molecule is CCNC(CC)(CC)C(=O)N(CC)C(CC)(CC)C(=O)NCC(=O)N(C)[C@H](C=C(C)C(=O)OCC)C(C)C. The third-order valence-electron chi connectivity index (χ3n) is 7.74. The lowest BCUT2D eigenvalue weighted by Gasteiger charge is -2.46. The molecule has 0 aliphatic carbocycles. The summed E-state index contributed by atoms with van der Waals surface area (Å²) >= 11 is 0. The van der Waals surface area contributed by atoms with Gasteiger partial charge in [-0.2, -0.15) is 0 Å². The number of carbonyl (C=O) groups is 4. The highest BCUT2D eigenvalue weighted by atomic mass is 16.5. The van der Waals surface area contributed by atoms with Crippen molar-refractivity contribution in [1.82, 2.24) is 20.4 Å². The second kappa shape index (κ2) is 16.5. The monoisotopic (exact) mass is 538 g/mol. The van der Waals surface area contributed by atoms with E-state index in [1.54, 1.807) is 36.8 Å². The normalized spacial score (nSPS) is 13.2. The molecule has 0 radical (unpaired) electrons. The van der Waals surface area contributed by atoms with Gasteiger partial charge < -0.3 is 25.2 Å². The minimum absolute atomic E-state index is 0.0323. The molecule has 0 saturated carbocycles. The minimum atomic E-state index is -1.08. The van der Waals surface area contributed by atoms with E-state index in [1.165, 1.54) is 0 Å². The molecule has 0 spiro atoms. The lowest BCUT2D eigenvalue weighted by Crippen LogP contribution is -2.67. The smallest absolute Gasteiger partial charge is 0.333 e. The molecule has 0 aromatic rings. The van der Waals surface area contributed by atoms with Gasteiger partial charge in [-0.25, -0.2) is 4.79 Å². The van der Waals surface area contributed by atoms with Gasteiger partial charge in [-0.1, -0.05) is 54.5 Å². The molecule has 1 atom stereocenters. The maximum atomic E-state index is 13.9. The zero-order valence-electron chi connectivity index (χ0n) is 25.8. The van der Waals surface area contributed by atoms with Crippen LogP contribution in [0.15, 0.2) is 11.6 Å². The summed E-state index contributed by atoms with van der Waals surface area (Å²) < 4.78 is 5.07. The maximum Gasteiger partial charge on any atom is 0.333 e. The van der Waals surface area contributed by atoms with Crippen LogP contribution >= 0.6 is 0 Å². The van der Waals surface area contributed by atoms with Crippen molar-refractivity contribution in [3.63, 3.8) is 0 Å². The molecule has 220 valence electrons. The Balaban J connectivity index is 5.94. The number of ether oxygens (including phenoxy) is 1. The zero-order chi connectivity index (χ0) is 29.7. The number of hydrogen-bond acceptors (Lipinski definition) is 6. The number of rotatable bonds is 17. The van der Waals surface area contributed by atoms with E-state index in [4.69, 9.17) is 4.74 Å². The number of amides is 3. The molecule has 0 aromatic heterocycles. The Labute approximate surface area is 231 Å². The highest BCUT2D eigenvalue weighted by Crippen LogP contribution is 2.30. The van der Waals surface area contributed by atoms with Crippen LogP contribution in [0.25, 0.3) is 0 Å². The number of hydrogen-bond donors (Lipinski definition) is 2. The van der Waals surface area contributed by atoms with E-state index in [1.807, 2.05) is 55.4 Å². The van der Waals surface area contributed by atoms with Crippen LogP contribution in [0.5, 0.6) is 0 Å². The molecular formula is C29H54N4O5. The number of nitrogens with zero attached hydrogens (tertiary/aromatic N) is 2. The van der Waals surface area contributed by atoms with E-state index in [-0.39, 0.29) is 42.8 Å². The Morgan fingerprint density at radius 1 is 0.921 bits per heavy atom. The minimum Gasteiger partial charge on any atom is -0.463 e. The summed E-state index contributed by atoms with van der Waals surface area (Å²) in [5, 5.41) is 6.20. The van der Waals surface area contributed by atoms with Gasteiger partial charge in [0.2, 0.25) is 17.7 Å². The van der Waals surface area contributed by atoms with Crippen LogP contribution in [0.3, 0.4) is 0 Å². The highest BCUT2D eigenvalue weighted by Gasteiger charge is 2.48. The van der Waals surface area contributed by atoms with Crippen molar-refractivity contribution in [3.05, 3.63) is 11.6 Å². The van der Waals surface area contributed by atoms with Crippen LogP contribution in [0.1, 0.15) is 94.9 Å². The van der Waals surface area contributed by atoms with Crippen molar-refractivity contribution >= 4 is 23.7 Å². The quantitative estimate of drug-likeness (QED) is 0.216. The molecule has 2 N–H and O–H groups in total. The largest absolute Gasteiger partial charge is 0.463 e. The molecule has 3 amide bonds. The van der Waals surface area contributed by atoms with Crippen LogP contribution in [-0.4, -0.2) is 83.9 Å². The number of likely N-dealkylation sites (N-methyl/N-ethyl adjacent to an activating group) is 3. The van der Waals surface area contributed by atoms with Crippen molar-refractivity contribution in [3.8, 4) is 0 Å². The van der Waals surface area contributed by atoms with Gasteiger partial charge in [-0.15, -0.1) is 0 Å². The summed E-state index contributed by atoms with van der Waals surface area (Å²) in [6.45, 7) is 20.0. The Morgan fingerprint density at radius 2 is 1.47 bits per heavy atom. The average molecular weight is 539 g/mol. The van der Waals surface area contributed by atoms with Crippen LogP contribution in [0.4, 0.5) is 0 Å². The first-order chi connectivity index (χ1) is 17.8. The van der Waals surface area contributed by atoms with E-state index < -0.39 is 17.0 Å². The fraction of sp³-hybridized carbons (Fsp3) is 0.793. The number of esters is 1. The Bertz CT molecular complexity index is 816. The summed E-state index contributed by atoms with van der Waals surface area (Å²) in [6.07, 6.45) is 3.79. The predicted molar refractivity (Wildman–Crippen MR) is 152 cm³/mol. The van der Waals surface area contributed by atoms with Gasteiger partial charge in [-0.05, 0) is 58.9 Å². The first-order valence-corrected chi connectivity index (χ1v) is 14.3. The molecule has 0 aromatic carbocycles. The topological polar surface area (TPSA) is 108 Å². The maximum absolute atomic E-state index is 13.9. The lowest BCUT2D eigenvalue weighted by atomic mass is 9.84. The fourth-order valence-corrected chi connectivity index (χ4v) is 5.12. The second-order valence-corrected chi connectivity index (χ2v) is 10.1. The number of nitrogens with one attached hydrogen (secondary N) is 2. The van der Waals surface area contributed by atoms with Crippen molar-refractivity contribution in [2.24, 2.45) is 5.92 Å². The molecule has 0 bridgehead atoms. The number of carbonyl (C=O) groups excluding carboxylic acids is 4. The summed E-state index contributed by atoms with van der Waals surface area (Å²) in [4.78, 5) is 56.1. The van der Waals surface area contributed by atoms with Crippen molar-refractivity contribution in [2.45, 2.75) is 112 Å². The molecule has 9 nitrogen and oxygen atoms in total. The van der Waals surface area contributed by atoms with Gasteiger partial charge in [0.1, 0.15) is 5.54 Å². The van der Waals surface area contributed by atoms with Gasteiger partial charge in [0.05, 0.1) is 24.7 Å². The highest BCUT2D eigenvalue weighted by molar-refractivity contribution is 5.96. The summed E-state index contributed by atoms with van der Waals surface area (Å²) in [5.41, 5.74) is -1.39. The molecule has 0 saturated heterocycles. The molecule has 0 fully saturated rings. The van der Waals surface area contributed by atoms with E-state index in [0.717, 1.165) is 0 Å². The lowest BCUT2D eigenvalue weighted by molar-refractivity contribution is -0.154. The third kappa shape index (κ3) is 8.29. The van der Waals surface area contributed by atoms with E-state index in [9.17, 15) is 19.2 Å². The van der Waals surface area contributed by atoms with Crippen LogP contribution in [-0.2, 0) is 23.9 Å². The van der Waals surface area contributed by atoms with Crippen LogP contribution in [0, 0.1) is 5.92 Å².